The van der Waals surface area contributed by atoms with E-state index in [9.17, 15) is 0 Å². The van der Waals surface area contributed by atoms with Crippen molar-refractivity contribution in [3.8, 4) is 0 Å². The Morgan fingerprint density at radius 3 is 1.86 bits per heavy atom. The molecule has 0 saturated carbocycles. The summed E-state index contributed by atoms with van der Waals surface area (Å²) in [5, 5.41) is 0. The summed E-state index contributed by atoms with van der Waals surface area (Å²) in [6, 6.07) is 11.9. The Kier molecular flexibility index (Phi) is 11.2. The molecule has 0 spiro atoms. The van der Waals surface area contributed by atoms with Crippen molar-refractivity contribution >= 4 is 23.5 Å². The summed E-state index contributed by atoms with van der Waals surface area (Å²) in [6.45, 7) is 17.6. The van der Waals surface area contributed by atoms with E-state index in [1.54, 1.807) is 5.57 Å². The molecule has 1 aromatic rings. The van der Waals surface area contributed by atoms with Crippen LogP contribution in [-0.2, 0) is 15.9 Å². The van der Waals surface area contributed by atoms with Crippen LogP contribution < -0.4 is 0 Å². The molecule has 2 aliphatic heterocycles. The van der Waals surface area contributed by atoms with Gasteiger partial charge >= 0.3 is 17.9 Å². The molecule has 0 atom stereocenters. The molecule has 2 fully saturated rings. The van der Waals surface area contributed by atoms with Crippen LogP contribution in [0.15, 0.2) is 54.1 Å². The van der Waals surface area contributed by atoms with Crippen LogP contribution in [0.3, 0.4) is 0 Å². The third-order valence-electron chi connectivity index (χ3n) is 8.07. The second kappa shape index (κ2) is 14.6. The Morgan fingerprint density at radius 1 is 0.778 bits per heavy atom. The van der Waals surface area contributed by atoms with Gasteiger partial charge in [-0.2, -0.15) is 9.13 Å². The summed E-state index contributed by atoms with van der Waals surface area (Å²) in [5.74, 6) is 0. The number of aryl methyl sites for hydroxylation is 1. The lowest BCUT2D eigenvalue weighted by atomic mass is 9.89. The highest BCUT2D eigenvalue weighted by Gasteiger charge is 2.32. The van der Waals surface area contributed by atoms with Gasteiger partial charge in [-0.05, 0) is 60.8 Å². The average Bonchev–Trinajstić information content (AvgIpc) is 2.94. The highest BCUT2D eigenvalue weighted by atomic mass is 28.3. The van der Waals surface area contributed by atoms with E-state index in [-0.39, 0.29) is 8.96 Å². The van der Waals surface area contributed by atoms with Crippen LogP contribution in [0, 0.1) is 0 Å². The minimum absolute atomic E-state index is 0.378. The maximum Gasteiger partial charge on any atom is 0.402 e. The molecular formula is C30H46N2O2Si2+2. The van der Waals surface area contributed by atoms with E-state index in [4.69, 9.17) is 9.47 Å². The van der Waals surface area contributed by atoms with E-state index in [1.165, 1.54) is 66.5 Å². The molecule has 4 nitrogen and oxygen atoms in total. The van der Waals surface area contributed by atoms with E-state index in [1.807, 2.05) is 0 Å². The fourth-order valence-corrected chi connectivity index (χ4v) is 9.43. The standard InChI is InChI=1S/C30H46N2O2Si2/c1-26(29-12-8-27(9-13-29)6-4-24-35(2)31-16-20-33-21-17-31)30-14-10-28(11-15-30)7-5-25-36(3)32-18-22-34-23-19-32/h8-10,12-14H,1,4-7,11,15-25H2,2-3H3/q+2. The molecule has 0 amide bonds. The van der Waals surface area contributed by atoms with Crippen LogP contribution in [0.25, 0.3) is 5.57 Å². The third-order valence-corrected chi connectivity index (χ3v) is 13.3. The number of rotatable bonds is 12. The van der Waals surface area contributed by atoms with E-state index in [0.717, 1.165) is 59.0 Å². The SMILES string of the molecule is C=C(C1=CC=C(CCC[Si+](C)N2CCOCC2)CC1)c1ccc(CCC[Si+](C)N2CCOCC2)cc1. The zero-order valence-corrected chi connectivity index (χ0v) is 24.7. The molecule has 0 aromatic heterocycles. The molecule has 0 radical (unpaired) electrons. The van der Waals surface area contributed by atoms with Gasteiger partial charge in [0.05, 0.1) is 77.8 Å². The summed E-state index contributed by atoms with van der Waals surface area (Å²) < 4.78 is 16.4. The highest BCUT2D eigenvalue weighted by Crippen LogP contribution is 2.31. The molecule has 36 heavy (non-hydrogen) atoms. The molecular weight excluding hydrogens is 477 g/mol. The fourth-order valence-electron chi connectivity index (χ4n) is 5.52. The van der Waals surface area contributed by atoms with Gasteiger partial charge in [0.25, 0.3) is 0 Å². The summed E-state index contributed by atoms with van der Waals surface area (Å²) in [6.07, 6.45) is 12.1. The Morgan fingerprint density at radius 2 is 1.33 bits per heavy atom. The van der Waals surface area contributed by atoms with Crippen molar-refractivity contribution in [2.45, 2.75) is 63.7 Å². The van der Waals surface area contributed by atoms with Crippen molar-refractivity contribution in [3.05, 3.63) is 65.3 Å². The first-order valence-corrected chi connectivity index (χ1v) is 18.4. The maximum absolute atomic E-state index is 5.51. The molecule has 194 valence electrons. The Labute approximate surface area is 223 Å². The normalized spacial score (nSPS) is 19.5. The second-order valence-electron chi connectivity index (χ2n) is 10.6. The van der Waals surface area contributed by atoms with Gasteiger partial charge in [-0.1, -0.05) is 48.6 Å². The topological polar surface area (TPSA) is 24.9 Å². The van der Waals surface area contributed by atoms with Crippen LogP contribution in [0.4, 0.5) is 0 Å². The molecule has 0 bridgehead atoms. The zero-order valence-electron chi connectivity index (χ0n) is 22.7. The van der Waals surface area contributed by atoms with Crippen LogP contribution in [0.1, 0.15) is 43.2 Å². The van der Waals surface area contributed by atoms with Gasteiger partial charge in [0.2, 0.25) is 0 Å². The maximum atomic E-state index is 5.51. The molecule has 0 N–H and O–H groups in total. The largest absolute Gasteiger partial charge is 0.402 e. The zero-order chi connectivity index (χ0) is 25.2. The number of hydrogen-bond acceptors (Lipinski definition) is 4. The molecule has 4 rings (SSSR count). The molecule has 2 saturated heterocycles. The van der Waals surface area contributed by atoms with E-state index in [2.05, 4.69) is 65.2 Å². The lowest BCUT2D eigenvalue weighted by Crippen LogP contribution is -2.44. The number of nitrogens with zero attached hydrogens (tertiary/aromatic N) is 2. The van der Waals surface area contributed by atoms with Gasteiger partial charge in [0.1, 0.15) is 0 Å². The second-order valence-corrected chi connectivity index (χ2v) is 15.8. The molecule has 2 heterocycles. The van der Waals surface area contributed by atoms with Crippen molar-refractivity contribution in [1.29, 1.82) is 0 Å². The number of allylic oxidation sites excluding steroid dienone is 5. The van der Waals surface area contributed by atoms with Gasteiger partial charge in [-0.15, -0.1) is 0 Å². The smallest absolute Gasteiger partial charge is 0.379 e. The van der Waals surface area contributed by atoms with Gasteiger partial charge in [0.15, 0.2) is 0 Å². The molecule has 6 heteroatoms. The summed E-state index contributed by atoms with van der Waals surface area (Å²) in [7, 11) is -0.772. The monoisotopic (exact) mass is 522 g/mol. The van der Waals surface area contributed by atoms with E-state index >= 15 is 0 Å². The Hall–Kier alpha value is -1.29. The molecule has 1 aliphatic carbocycles. The molecule has 3 aliphatic rings. The minimum Gasteiger partial charge on any atom is -0.379 e. The van der Waals surface area contributed by atoms with Gasteiger partial charge in [-0.3, -0.25) is 0 Å². The fraction of sp³-hybridized carbons (Fsp3) is 0.600. The summed E-state index contributed by atoms with van der Waals surface area (Å²) >= 11 is 0. The number of ether oxygens (including phenoxy) is 2. The molecule has 0 unspecified atom stereocenters. The highest BCUT2D eigenvalue weighted by molar-refractivity contribution is 6.54. The van der Waals surface area contributed by atoms with Crippen LogP contribution in [0.5, 0.6) is 0 Å². The predicted octanol–water partition coefficient (Wildman–Crippen LogP) is 5.97. The van der Waals surface area contributed by atoms with Crippen molar-refractivity contribution in [3.63, 3.8) is 0 Å². The number of benzene rings is 1. The van der Waals surface area contributed by atoms with E-state index in [0.29, 0.717) is 0 Å². The number of morpholine rings is 2. The third kappa shape index (κ3) is 8.37. The first-order valence-electron chi connectivity index (χ1n) is 14.1. The van der Waals surface area contributed by atoms with Gasteiger partial charge < -0.3 is 9.47 Å². The van der Waals surface area contributed by atoms with Gasteiger partial charge in [0, 0.05) is 0 Å². The lowest BCUT2D eigenvalue weighted by Gasteiger charge is -2.22. The molecule has 1 aromatic carbocycles. The van der Waals surface area contributed by atoms with Crippen LogP contribution in [-0.4, -0.2) is 79.7 Å². The number of hydrogen-bond donors (Lipinski definition) is 0. The Bertz CT molecular complexity index is 887. The van der Waals surface area contributed by atoms with Crippen molar-refractivity contribution in [2.24, 2.45) is 0 Å². The summed E-state index contributed by atoms with van der Waals surface area (Å²) in [4.78, 5) is 0. The minimum atomic E-state index is -0.394. The van der Waals surface area contributed by atoms with Crippen molar-refractivity contribution in [1.82, 2.24) is 9.13 Å². The first-order chi connectivity index (χ1) is 17.6. The van der Waals surface area contributed by atoms with Gasteiger partial charge in [-0.25, -0.2) is 0 Å². The van der Waals surface area contributed by atoms with Crippen LogP contribution >= 0.6 is 0 Å². The predicted molar refractivity (Wildman–Crippen MR) is 156 cm³/mol. The average molecular weight is 523 g/mol. The van der Waals surface area contributed by atoms with E-state index < -0.39 is 8.96 Å². The Balaban J connectivity index is 1.18. The summed E-state index contributed by atoms with van der Waals surface area (Å²) in [5.41, 5.74) is 6.96. The van der Waals surface area contributed by atoms with Crippen LogP contribution in [0.2, 0.25) is 25.2 Å². The lowest BCUT2D eigenvalue weighted by molar-refractivity contribution is 0.0707. The van der Waals surface area contributed by atoms with Crippen molar-refractivity contribution < 1.29 is 9.47 Å². The quantitative estimate of drug-likeness (QED) is 0.316. The van der Waals surface area contributed by atoms with Crippen molar-refractivity contribution in [2.75, 3.05) is 52.6 Å². The first kappa shape index (κ1) is 27.7.